The Kier molecular flexibility index (Phi) is 15.0. The number of ketones is 1. The number of allylic oxidation sites excluding steroid dienone is 1. The molecule has 0 rings (SSSR count). The van der Waals surface area contributed by atoms with Gasteiger partial charge in [0, 0.05) is 0 Å². The highest BCUT2D eigenvalue weighted by Gasteiger charge is 2.47. The quantitative estimate of drug-likeness (QED) is 0.178. The first-order valence-corrected chi connectivity index (χ1v) is 10.3. The van der Waals surface area contributed by atoms with Gasteiger partial charge < -0.3 is 14.6 Å². The van der Waals surface area contributed by atoms with Gasteiger partial charge in [0.1, 0.15) is 0 Å². The van der Waals surface area contributed by atoms with Gasteiger partial charge in [-0.15, -0.1) is 0 Å². The Bertz CT molecular complexity index is 491. The van der Waals surface area contributed by atoms with Crippen LogP contribution in [0.2, 0.25) is 0 Å². The van der Waals surface area contributed by atoms with Crippen LogP contribution in [0.4, 0.5) is 4.79 Å². The second-order valence-corrected chi connectivity index (χ2v) is 6.78. The summed E-state index contributed by atoms with van der Waals surface area (Å²) in [6.07, 6.45) is 13.4. The smallest absolute Gasteiger partial charge is 0.408 e. The average molecular weight is 400 g/mol. The normalized spacial score (nSPS) is 13.1. The summed E-state index contributed by atoms with van der Waals surface area (Å²) < 4.78 is 9.30. The minimum absolute atomic E-state index is 0.0666. The first-order valence-electron chi connectivity index (χ1n) is 10.3. The summed E-state index contributed by atoms with van der Waals surface area (Å²) in [6, 6.07) is 0. The minimum Gasteiger partial charge on any atom is -0.467 e. The molecule has 0 aliphatic carbocycles. The van der Waals surface area contributed by atoms with Crippen molar-refractivity contribution < 1.29 is 29.0 Å². The summed E-state index contributed by atoms with van der Waals surface area (Å²) in [5.41, 5.74) is -2.18. The molecule has 0 saturated heterocycles. The Balaban J connectivity index is 4.42. The van der Waals surface area contributed by atoms with Gasteiger partial charge in [-0.25, -0.2) is 9.59 Å². The number of hydrogen-bond donors (Lipinski definition) is 2. The zero-order chi connectivity index (χ0) is 21.3. The topological polar surface area (TPSA) is 102 Å². The molecule has 0 fully saturated rings. The lowest BCUT2D eigenvalue weighted by Crippen LogP contribution is -2.62. The molecule has 0 radical (unpaired) electrons. The highest BCUT2D eigenvalue weighted by molar-refractivity contribution is 6.15. The zero-order valence-electron chi connectivity index (χ0n) is 17.6. The fourth-order valence-electron chi connectivity index (χ4n) is 2.82. The van der Waals surface area contributed by atoms with Crippen molar-refractivity contribution >= 4 is 17.8 Å². The first kappa shape index (κ1) is 26.1. The van der Waals surface area contributed by atoms with Gasteiger partial charge in [0.25, 0.3) is 0 Å². The summed E-state index contributed by atoms with van der Waals surface area (Å²) >= 11 is 0. The summed E-state index contributed by atoms with van der Waals surface area (Å²) in [7, 11) is 1.08. The molecule has 162 valence electrons. The van der Waals surface area contributed by atoms with Crippen molar-refractivity contribution in [3.63, 3.8) is 0 Å². The molecule has 28 heavy (non-hydrogen) atoms. The molecule has 0 aromatic carbocycles. The maximum atomic E-state index is 12.5. The van der Waals surface area contributed by atoms with E-state index in [4.69, 9.17) is 4.74 Å². The average Bonchev–Trinajstić information content (AvgIpc) is 2.69. The van der Waals surface area contributed by atoms with Crippen molar-refractivity contribution in [1.29, 1.82) is 0 Å². The van der Waals surface area contributed by atoms with Crippen LogP contribution >= 0.6 is 0 Å². The number of carbonyl (C=O) groups is 3. The number of unbranched alkanes of at least 4 members (excludes halogenated alkanes) is 9. The number of rotatable bonds is 16. The van der Waals surface area contributed by atoms with Crippen molar-refractivity contribution in [3.05, 3.63) is 12.2 Å². The third kappa shape index (κ3) is 9.88. The Hall–Kier alpha value is -1.89. The van der Waals surface area contributed by atoms with Crippen LogP contribution in [0, 0.1) is 0 Å². The molecule has 0 heterocycles. The van der Waals surface area contributed by atoms with E-state index in [1.54, 1.807) is 13.0 Å². The zero-order valence-corrected chi connectivity index (χ0v) is 17.6. The van der Waals surface area contributed by atoms with Crippen molar-refractivity contribution in [2.24, 2.45) is 0 Å². The second kappa shape index (κ2) is 16.1. The molecule has 0 aromatic heterocycles. The molecule has 1 atom stereocenters. The molecule has 0 spiro atoms. The molecular formula is C21H37NO6. The Morgan fingerprint density at radius 3 is 2.04 bits per heavy atom. The minimum atomic E-state index is -2.18. The lowest BCUT2D eigenvalue weighted by Gasteiger charge is -2.26. The summed E-state index contributed by atoms with van der Waals surface area (Å²) in [5.74, 6) is -1.79. The van der Waals surface area contributed by atoms with Gasteiger partial charge in [-0.2, -0.15) is 0 Å². The van der Waals surface area contributed by atoms with E-state index in [9.17, 15) is 19.5 Å². The number of aliphatic hydroxyl groups is 1. The first-order chi connectivity index (χ1) is 13.5. The predicted octanol–water partition coefficient (Wildman–Crippen LogP) is 3.68. The summed E-state index contributed by atoms with van der Waals surface area (Å²) in [6.45, 7) is 2.95. The number of alkyl carbamates (subject to hydrolysis) is 1. The van der Waals surface area contributed by atoms with Gasteiger partial charge in [-0.05, 0) is 25.8 Å². The van der Waals surface area contributed by atoms with Gasteiger partial charge >= 0.3 is 12.1 Å². The summed E-state index contributed by atoms with van der Waals surface area (Å²) in [5, 5.41) is 11.8. The number of methoxy groups -OCH3 is 1. The largest absolute Gasteiger partial charge is 0.467 e. The van der Waals surface area contributed by atoms with Crippen molar-refractivity contribution in [1.82, 2.24) is 5.32 Å². The molecule has 1 unspecified atom stereocenters. The molecular weight excluding hydrogens is 362 g/mol. The van der Waals surface area contributed by atoms with Gasteiger partial charge in [0.05, 0.1) is 20.3 Å². The van der Waals surface area contributed by atoms with Crippen molar-refractivity contribution in [3.8, 4) is 0 Å². The van der Waals surface area contributed by atoms with Gasteiger partial charge in [-0.3, -0.25) is 10.1 Å². The maximum Gasteiger partial charge on any atom is 0.408 e. The molecule has 0 saturated carbocycles. The molecule has 0 aliphatic heterocycles. The van der Waals surface area contributed by atoms with Gasteiger partial charge in [0.15, 0.2) is 5.78 Å². The van der Waals surface area contributed by atoms with Crippen LogP contribution in [0.25, 0.3) is 0 Å². The van der Waals surface area contributed by atoms with Gasteiger partial charge in [-0.1, -0.05) is 64.4 Å². The van der Waals surface area contributed by atoms with E-state index in [2.05, 4.69) is 17.0 Å². The van der Waals surface area contributed by atoms with Crippen LogP contribution in [0.15, 0.2) is 12.2 Å². The molecule has 0 bridgehead atoms. The van der Waals surface area contributed by atoms with E-state index in [-0.39, 0.29) is 6.61 Å². The van der Waals surface area contributed by atoms with Crippen molar-refractivity contribution in [2.45, 2.75) is 83.6 Å². The monoisotopic (exact) mass is 399 g/mol. The molecule has 0 aliphatic rings. The van der Waals surface area contributed by atoms with Crippen molar-refractivity contribution in [2.75, 3.05) is 20.3 Å². The molecule has 7 heteroatoms. The number of carbonyl (C=O) groups excluding carboxylic acids is 3. The molecule has 7 nitrogen and oxygen atoms in total. The summed E-state index contributed by atoms with van der Waals surface area (Å²) in [4.78, 5) is 36.2. The van der Waals surface area contributed by atoms with Crippen LogP contribution in [-0.2, 0) is 19.1 Å². The van der Waals surface area contributed by atoms with Crippen LogP contribution in [0.3, 0.4) is 0 Å². The van der Waals surface area contributed by atoms with E-state index < -0.39 is 30.0 Å². The Morgan fingerprint density at radius 1 is 0.964 bits per heavy atom. The number of aliphatic hydroxyl groups excluding tert-OH is 1. The number of ether oxygens (including phenoxy) is 2. The molecule has 0 aromatic rings. The van der Waals surface area contributed by atoms with E-state index in [0.717, 1.165) is 20.0 Å². The van der Waals surface area contributed by atoms with Crippen LogP contribution in [0.5, 0.6) is 0 Å². The standard InChI is InChI=1S/C21H37NO6/c1-4-6-7-8-9-10-11-12-13-14-15-16-18(24)21(17-23,19(25)27-3)22-20(26)28-5-2/h15-16,23H,4-14,17H2,1-3H3,(H,22,26)/b16-15+. The fraction of sp³-hybridized carbons (Fsp3) is 0.762. The predicted molar refractivity (Wildman–Crippen MR) is 108 cm³/mol. The third-order valence-corrected chi connectivity index (χ3v) is 4.53. The number of amides is 1. The van der Waals surface area contributed by atoms with Crippen LogP contribution in [-0.4, -0.2) is 48.8 Å². The van der Waals surface area contributed by atoms with Crippen LogP contribution in [0.1, 0.15) is 78.1 Å². The van der Waals surface area contributed by atoms with Gasteiger partial charge in [0.2, 0.25) is 5.54 Å². The Labute approximate surface area is 168 Å². The Morgan fingerprint density at radius 2 is 1.54 bits per heavy atom. The van der Waals surface area contributed by atoms with E-state index in [0.29, 0.717) is 6.42 Å². The van der Waals surface area contributed by atoms with E-state index in [1.807, 2.05) is 0 Å². The lowest BCUT2D eigenvalue weighted by atomic mass is 9.94. The fourth-order valence-corrected chi connectivity index (χ4v) is 2.82. The highest BCUT2D eigenvalue weighted by Crippen LogP contribution is 2.13. The van der Waals surface area contributed by atoms with E-state index >= 15 is 0 Å². The van der Waals surface area contributed by atoms with Crippen LogP contribution < -0.4 is 5.32 Å². The second-order valence-electron chi connectivity index (χ2n) is 6.78. The maximum absolute atomic E-state index is 12.5. The number of hydrogen-bond acceptors (Lipinski definition) is 6. The molecule has 2 N–H and O–H groups in total. The van der Waals surface area contributed by atoms with E-state index in [1.165, 1.54) is 51.0 Å². The highest BCUT2D eigenvalue weighted by atomic mass is 16.6. The molecule has 1 amide bonds. The number of esters is 1. The number of nitrogens with one attached hydrogen (secondary N) is 1. The SMILES string of the molecule is CCCCCCCCCCC/C=C/C(=O)C(CO)(NC(=O)OCC)C(=O)OC. The lowest BCUT2D eigenvalue weighted by molar-refractivity contribution is -0.153. The third-order valence-electron chi connectivity index (χ3n) is 4.53.